The quantitative estimate of drug-likeness (QED) is 0.741. The summed E-state index contributed by atoms with van der Waals surface area (Å²) in [5, 5.41) is 0. The summed E-state index contributed by atoms with van der Waals surface area (Å²) in [4.78, 5) is 19.2. The Bertz CT molecular complexity index is 821. The standard InChI is InChI=1S/C18H19N3O/c1-4-15-17(21-11-10-13(2)12-16(21)19-15)18(22)20(3)14-8-6-5-7-9-14/h5-12H,4H2,1-3H3. The Kier molecular flexibility index (Phi) is 3.67. The second kappa shape index (κ2) is 5.64. The van der Waals surface area contributed by atoms with Gasteiger partial charge in [-0.2, -0.15) is 0 Å². The van der Waals surface area contributed by atoms with Crippen molar-refractivity contribution in [2.75, 3.05) is 11.9 Å². The van der Waals surface area contributed by atoms with Crippen LogP contribution in [0.5, 0.6) is 0 Å². The highest BCUT2D eigenvalue weighted by Gasteiger charge is 2.22. The third-order valence-electron chi connectivity index (χ3n) is 3.84. The molecule has 0 aliphatic carbocycles. The number of aryl methyl sites for hydroxylation is 2. The third kappa shape index (κ3) is 2.37. The van der Waals surface area contributed by atoms with Crippen LogP contribution in [0.15, 0.2) is 48.7 Å². The normalized spacial score (nSPS) is 10.9. The van der Waals surface area contributed by atoms with Crippen molar-refractivity contribution in [3.8, 4) is 0 Å². The van der Waals surface area contributed by atoms with Crippen LogP contribution >= 0.6 is 0 Å². The molecule has 0 unspecified atom stereocenters. The fraction of sp³-hybridized carbons (Fsp3) is 0.222. The van der Waals surface area contributed by atoms with Gasteiger partial charge in [-0.3, -0.25) is 9.20 Å². The Morgan fingerprint density at radius 2 is 1.95 bits per heavy atom. The smallest absolute Gasteiger partial charge is 0.276 e. The van der Waals surface area contributed by atoms with Crippen molar-refractivity contribution >= 4 is 17.2 Å². The topological polar surface area (TPSA) is 37.6 Å². The molecule has 0 aliphatic rings. The zero-order valence-corrected chi connectivity index (χ0v) is 13.1. The van der Waals surface area contributed by atoms with E-state index in [1.54, 1.807) is 11.9 Å². The Hall–Kier alpha value is -2.62. The van der Waals surface area contributed by atoms with Crippen LogP contribution in [0.4, 0.5) is 5.69 Å². The molecule has 1 aromatic carbocycles. The minimum absolute atomic E-state index is 0.0422. The van der Waals surface area contributed by atoms with Gasteiger partial charge in [-0.1, -0.05) is 25.1 Å². The van der Waals surface area contributed by atoms with E-state index < -0.39 is 0 Å². The van der Waals surface area contributed by atoms with Crippen LogP contribution in [0.3, 0.4) is 0 Å². The molecule has 0 aliphatic heterocycles. The van der Waals surface area contributed by atoms with Gasteiger partial charge in [0.25, 0.3) is 5.91 Å². The van der Waals surface area contributed by atoms with Gasteiger partial charge in [0.05, 0.1) is 5.69 Å². The first-order valence-electron chi connectivity index (χ1n) is 7.42. The van der Waals surface area contributed by atoms with Crippen molar-refractivity contribution in [3.05, 3.63) is 65.6 Å². The van der Waals surface area contributed by atoms with Gasteiger partial charge in [0.15, 0.2) is 0 Å². The molecule has 2 aromatic heterocycles. The maximum Gasteiger partial charge on any atom is 0.276 e. The molecule has 0 N–H and O–H groups in total. The van der Waals surface area contributed by atoms with Crippen LogP contribution in [0.1, 0.15) is 28.7 Å². The number of hydrogen-bond donors (Lipinski definition) is 0. The second-order valence-corrected chi connectivity index (χ2v) is 5.39. The number of rotatable bonds is 3. The average molecular weight is 293 g/mol. The molecule has 0 saturated heterocycles. The third-order valence-corrected chi connectivity index (χ3v) is 3.84. The van der Waals surface area contributed by atoms with E-state index in [2.05, 4.69) is 4.98 Å². The largest absolute Gasteiger partial charge is 0.310 e. The minimum Gasteiger partial charge on any atom is -0.310 e. The number of fused-ring (bicyclic) bond motifs is 1. The van der Waals surface area contributed by atoms with Crippen LogP contribution < -0.4 is 4.90 Å². The van der Waals surface area contributed by atoms with E-state index in [1.807, 2.05) is 66.9 Å². The summed E-state index contributed by atoms with van der Waals surface area (Å²) in [5.41, 5.74) is 4.30. The SMILES string of the molecule is CCc1nc2cc(C)ccn2c1C(=O)N(C)c1ccccc1. The lowest BCUT2D eigenvalue weighted by Crippen LogP contribution is -2.28. The number of aromatic nitrogens is 2. The molecule has 22 heavy (non-hydrogen) atoms. The lowest BCUT2D eigenvalue weighted by atomic mass is 10.2. The number of nitrogens with zero attached hydrogens (tertiary/aromatic N) is 3. The van der Waals surface area contributed by atoms with Crippen molar-refractivity contribution in [1.29, 1.82) is 0 Å². The van der Waals surface area contributed by atoms with Gasteiger partial charge >= 0.3 is 0 Å². The molecule has 2 heterocycles. The number of carbonyl (C=O) groups excluding carboxylic acids is 1. The van der Waals surface area contributed by atoms with Crippen LogP contribution in [-0.2, 0) is 6.42 Å². The minimum atomic E-state index is -0.0422. The van der Waals surface area contributed by atoms with E-state index in [4.69, 9.17) is 0 Å². The van der Waals surface area contributed by atoms with Gasteiger partial charge < -0.3 is 4.90 Å². The summed E-state index contributed by atoms with van der Waals surface area (Å²) < 4.78 is 1.88. The number of carbonyl (C=O) groups is 1. The van der Waals surface area contributed by atoms with Gasteiger partial charge in [-0.05, 0) is 43.2 Å². The molecule has 0 saturated carbocycles. The maximum absolute atomic E-state index is 12.9. The summed E-state index contributed by atoms with van der Waals surface area (Å²) in [6, 6.07) is 13.6. The van der Waals surface area contributed by atoms with Gasteiger partial charge in [-0.25, -0.2) is 4.98 Å². The summed E-state index contributed by atoms with van der Waals surface area (Å²) >= 11 is 0. The van der Waals surface area contributed by atoms with Crippen molar-refractivity contribution in [1.82, 2.24) is 9.38 Å². The molecular formula is C18H19N3O. The molecule has 0 fully saturated rings. The Balaban J connectivity index is 2.10. The number of benzene rings is 1. The molecule has 4 nitrogen and oxygen atoms in total. The number of hydrogen-bond acceptors (Lipinski definition) is 2. The summed E-state index contributed by atoms with van der Waals surface area (Å²) in [6.45, 7) is 4.05. The molecule has 112 valence electrons. The van der Waals surface area contributed by atoms with Crippen LogP contribution in [0, 0.1) is 6.92 Å². The molecule has 3 rings (SSSR count). The first kappa shape index (κ1) is 14.3. The highest BCUT2D eigenvalue weighted by Crippen LogP contribution is 2.20. The molecule has 0 spiro atoms. The van der Waals surface area contributed by atoms with Crippen LogP contribution in [0.25, 0.3) is 5.65 Å². The van der Waals surface area contributed by atoms with E-state index in [0.29, 0.717) is 5.69 Å². The van der Waals surface area contributed by atoms with Gasteiger partial charge in [0, 0.05) is 18.9 Å². The zero-order chi connectivity index (χ0) is 15.7. The average Bonchev–Trinajstić information content (AvgIpc) is 2.91. The summed E-state index contributed by atoms with van der Waals surface area (Å²) in [7, 11) is 1.80. The number of amides is 1. The molecular weight excluding hydrogens is 274 g/mol. The number of anilines is 1. The first-order chi connectivity index (χ1) is 10.6. The Morgan fingerprint density at radius 3 is 2.64 bits per heavy atom. The predicted molar refractivity (Wildman–Crippen MR) is 88.5 cm³/mol. The molecule has 0 bridgehead atoms. The van der Waals surface area contributed by atoms with Crippen molar-refractivity contribution in [2.45, 2.75) is 20.3 Å². The van der Waals surface area contributed by atoms with E-state index in [-0.39, 0.29) is 5.91 Å². The molecule has 1 amide bonds. The van der Waals surface area contributed by atoms with E-state index in [1.165, 1.54) is 0 Å². The fourth-order valence-corrected chi connectivity index (χ4v) is 2.60. The zero-order valence-electron chi connectivity index (χ0n) is 13.1. The second-order valence-electron chi connectivity index (χ2n) is 5.39. The van der Waals surface area contributed by atoms with Gasteiger partial charge in [0.2, 0.25) is 0 Å². The van der Waals surface area contributed by atoms with Gasteiger partial charge in [-0.15, -0.1) is 0 Å². The molecule has 0 atom stereocenters. The molecule has 0 radical (unpaired) electrons. The van der Waals surface area contributed by atoms with Crippen LogP contribution in [0.2, 0.25) is 0 Å². The number of pyridine rings is 1. The Labute approximate surface area is 130 Å². The van der Waals surface area contributed by atoms with Crippen molar-refractivity contribution in [3.63, 3.8) is 0 Å². The number of para-hydroxylation sites is 1. The maximum atomic E-state index is 12.9. The summed E-state index contributed by atoms with van der Waals surface area (Å²) in [5.74, 6) is -0.0422. The lowest BCUT2D eigenvalue weighted by Gasteiger charge is -2.17. The van der Waals surface area contributed by atoms with E-state index in [0.717, 1.165) is 29.0 Å². The fourth-order valence-electron chi connectivity index (χ4n) is 2.60. The number of imidazole rings is 1. The predicted octanol–water partition coefficient (Wildman–Crippen LogP) is 3.48. The lowest BCUT2D eigenvalue weighted by molar-refractivity contribution is 0.0986. The molecule has 4 heteroatoms. The highest BCUT2D eigenvalue weighted by molar-refractivity contribution is 6.05. The van der Waals surface area contributed by atoms with E-state index >= 15 is 0 Å². The van der Waals surface area contributed by atoms with Crippen molar-refractivity contribution in [2.24, 2.45) is 0 Å². The van der Waals surface area contributed by atoms with Crippen molar-refractivity contribution < 1.29 is 4.79 Å². The molecule has 3 aromatic rings. The Morgan fingerprint density at radius 1 is 1.23 bits per heavy atom. The van der Waals surface area contributed by atoms with E-state index in [9.17, 15) is 4.79 Å². The summed E-state index contributed by atoms with van der Waals surface area (Å²) in [6.07, 6.45) is 2.65. The highest BCUT2D eigenvalue weighted by atomic mass is 16.2. The first-order valence-corrected chi connectivity index (χ1v) is 7.42. The van der Waals surface area contributed by atoms with Gasteiger partial charge in [0.1, 0.15) is 11.3 Å². The monoisotopic (exact) mass is 293 g/mol. The van der Waals surface area contributed by atoms with Crippen LogP contribution in [-0.4, -0.2) is 22.3 Å².